The molecule has 0 spiro atoms. The first-order valence-electron chi connectivity index (χ1n) is 2.90. The number of halogens is 1. The molecule has 0 bridgehead atoms. The van der Waals surface area contributed by atoms with E-state index in [1.165, 1.54) is 0 Å². The lowest BCUT2D eigenvalue weighted by molar-refractivity contribution is 0.355. The normalized spacial score (nSPS) is 38.2. The van der Waals surface area contributed by atoms with Crippen LogP contribution in [0.2, 0.25) is 0 Å². The molecule has 0 unspecified atom stereocenters. The standard InChI is InChI=1S/C5H11FN2/c6-4-1-5(2-7)8-3-4/h4-5,8H,1-3,7H2/t4-,5-/m0/s1. The molecule has 1 aliphatic heterocycles. The molecule has 2 atom stereocenters. The molecule has 2 nitrogen and oxygen atoms in total. The molecule has 0 amide bonds. The quantitative estimate of drug-likeness (QED) is 0.493. The predicted molar refractivity (Wildman–Crippen MR) is 30.4 cm³/mol. The Morgan fingerprint density at radius 2 is 2.50 bits per heavy atom. The maximum absolute atomic E-state index is 12.2. The molecule has 1 saturated heterocycles. The molecule has 48 valence electrons. The van der Waals surface area contributed by atoms with E-state index in [0.717, 1.165) is 0 Å². The van der Waals surface area contributed by atoms with Crippen LogP contribution < -0.4 is 11.1 Å². The second kappa shape index (κ2) is 2.42. The summed E-state index contributed by atoms with van der Waals surface area (Å²) in [6, 6.07) is 0.227. The maximum atomic E-state index is 12.2. The third kappa shape index (κ3) is 1.17. The van der Waals surface area contributed by atoms with Gasteiger partial charge in [-0.15, -0.1) is 0 Å². The zero-order chi connectivity index (χ0) is 5.98. The number of alkyl halides is 1. The van der Waals surface area contributed by atoms with Crippen molar-refractivity contribution in [3.63, 3.8) is 0 Å². The lowest BCUT2D eigenvalue weighted by Gasteiger charge is -2.02. The smallest absolute Gasteiger partial charge is 0.114 e. The van der Waals surface area contributed by atoms with Crippen molar-refractivity contribution in [2.24, 2.45) is 5.73 Å². The largest absolute Gasteiger partial charge is 0.329 e. The predicted octanol–water partition coefficient (Wildman–Crippen LogP) is -0.355. The topological polar surface area (TPSA) is 38.0 Å². The molecular weight excluding hydrogens is 107 g/mol. The van der Waals surface area contributed by atoms with Gasteiger partial charge in [0, 0.05) is 19.1 Å². The summed E-state index contributed by atoms with van der Waals surface area (Å²) in [6.45, 7) is 1.04. The van der Waals surface area contributed by atoms with Crippen molar-refractivity contribution in [3.05, 3.63) is 0 Å². The lowest BCUT2D eigenvalue weighted by atomic mass is 10.2. The van der Waals surface area contributed by atoms with Gasteiger partial charge in [-0.25, -0.2) is 4.39 Å². The summed E-state index contributed by atoms with van der Waals surface area (Å²) < 4.78 is 12.2. The van der Waals surface area contributed by atoms with E-state index in [9.17, 15) is 4.39 Å². The Kier molecular flexibility index (Phi) is 1.81. The molecule has 1 fully saturated rings. The molecule has 0 aromatic rings. The van der Waals surface area contributed by atoms with Crippen molar-refractivity contribution in [1.29, 1.82) is 0 Å². The van der Waals surface area contributed by atoms with Crippen LogP contribution >= 0.6 is 0 Å². The summed E-state index contributed by atoms with van der Waals surface area (Å²) in [7, 11) is 0. The van der Waals surface area contributed by atoms with Gasteiger partial charge in [-0.05, 0) is 6.42 Å². The van der Waals surface area contributed by atoms with E-state index in [4.69, 9.17) is 5.73 Å². The van der Waals surface area contributed by atoms with Crippen molar-refractivity contribution >= 4 is 0 Å². The summed E-state index contributed by atoms with van der Waals surface area (Å²) in [4.78, 5) is 0. The second-order valence-electron chi connectivity index (χ2n) is 2.17. The van der Waals surface area contributed by atoms with E-state index >= 15 is 0 Å². The van der Waals surface area contributed by atoms with Crippen molar-refractivity contribution in [2.75, 3.05) is 13.1 Å². The molecular formula is C5H11FN2. The molecule has 3 heteroatoms. The van der Waals surface area contributed by atoms with Gasteiger partial charge in [-0.2, -0.15) is 0 Å². The van der Waals surface area contributed by atoms with Crippen molar-refractivity contribution in [2.45, 2.75) is 18.6 Å². The maximum Gasteiger partial charge on any atom is 0.114 e. The van der Waals surface area contributed by atoms with E-state index in [1.807, 2.05) is 0 Å². The second-order valence-corrected chi connectivity index (χ2v) is 2.17. The number of nitrogens with one attached hydrogen (secondary N) is 1. The zero-order valence-electron chi connectivity index (χ0n) is 4.73. The summed E-state index contributed by atoms with van der Waals surface area (Å²) in [5, 5.41) is 2.96. The number of rotatable bonds is 1. The molecule has 0 aliphatic carbocycles. The van der Waals surface area contributed by atoms with Gasteiger partial charge in [0.15, 0.2) is 0 Å². The molecule has 1 heterocycles. The summed E-state index contributed by atoms with van der Waals surface area (Å²) in [6.07, 6.45) is -0.0696. The van der Waals surface area contributed by atoms with E-state index in [1.54, 1.807) is 0 Å². The fourth-order valence-electron chi connectivity index (χ4n) is 0.949. The number of nitrogens with two attached hydrogens (primary N) is 1. The van der Waals surface area contributed by atoms with Crippen molar-refractivity contribution in [1.82, 2.24) is 5.32 Å². The highest BCUT2D eigenvalue weighted by Crippen LogP contribution is 2.07. The number of hydrogen-bond donors (Lipinski definition) is 2. The Morgan fingerprint density at radius 1 is 1.75 bits per heavy atom. The Morgan fingerprint density at radius 3 is 2.75 bits per heavy atom. The Hall–Kier alpha value is -0.150. The third-order valence-electron chi connectivity index (χ3n) is 1.45. The van der Waals surface area contributed by atoms with Crippen LogP contribution in [0.3, 0.4) is 0 Å². The minimum Gasteiger partial charge on any atom is -0.329 e. The van der Waals surface area contributed by atoms with Gasteiger partial charge in [0.1, 0.15) is 6.17 Å². The van der Waals surface area contributed by atoms with Gasteiger partial charge in [0.25, 0.3) is 0 Å². The van der Waals surface area contributed by atoms with Crippen LogP contribution in [0.5, 0.6) is 0 Å². The summed E-state index contributed by atoms with van der Waals surface area (Å²) >= 11 is 0. The molecule has 1 aliphatic rings. The minimum absolute atomic E-state index is 0.227. The van der Waals surface area contributed by atoms with Crippen molar-refractivity contribution < 1.29 is 4.39 Å². The highest BCUT2D eigenvalue weighted by atomic mass is 19.1. The van der Waals surface area contributed by atoms with Crippen LogP contribution in [0.4, 0.5) is 4.39 Å². The highest BCUT2D eigenvalue weighted by Gasteiger charge is 2.21. The molecule has 0 aromatic carbocycles. The Labute approximate surface area is 48.2 Å². The molecule has 0 aromatic heterocycles. The average molecular weight is 118 g/mol. The Balaban J connectivity index is 2.22. The van der Waals surface area contributed by atoms with Gasteiger partial charge in [0.05, 0.1) is 0 Å². The molecule has 0 saturated carbocycles. The molecule has 0 radical (unpaired) electrons. The van der Waals surface area contributed by atoms with Crippen LogP contribution in [0.1, 0.15) is 6.42 Å². The van der Waals surface area contributed by atoms with Crippen molar-refractivity contribution in [3.8, 4) is 0 Å². The van der Waals surface area contributed by atoms with Gasteiger partial charge in [-0.1, -0.05) is 0 Å². The van der Waals surface area contributed by atoms with E-state index in [2.05, 4.69) is 5.32 Å². The Bertz CT molecular complexity index is 76.8. The monoisotopic (exact) mass is 118 g/mol. The summed E-state index contributed by atoms with van der Waals surface area (Å²) in [5.74, 6) is 0. The first-order chi connectivity index (χ1) is 3.83. The van der Waals surface area contributed by atoms with Crippen LogP contribution in [-0.4, -0.2) is 25.3 Å². The minimum atomic E-state index is -0.663. The fraction of sp³-hybridized carbons (Fsp3) is 1.00. The lowest BCUT2D eigenvalue weighted by Crippen LogP contribution is -2.29. The molecule has 1 rings (SSSR count). The van der Waals surface area contributed by atoms with Gasteiger partial charge in [-0.3, -0.25) is 0 Å². The van der Waals surface area contributed by atoms with Crippen LogP contribution in [0.25, 0.3) is 0 Å². The average Bonchev–Trinajstić information content (AvgIpc) is 2.14. The SMILES string of the molecule is NC[C@@H]1C[C@H](F)CN1. The van der Waals surface area contributed by atoms with Gasteiger partial charge < -0.3 is 11.1 Å². The van der Waals surface area contributed by atoms with Gasteiger partial charge in [0.2, 0.25) is 0 Å². The fourth-order valence-corrected chi connectivity index (χ4v) is 0.949. The van der Waals surface area contributed by atoms with E-state index in [-0.39, 0.29) is 6.04 Å². The molecule has 3 N–H and O–H groups in total. The van der Waals surface area contributed by atoms with Crippen LogP contribution in [0.15, 0.2) is 0 Å². The van der Waals surface area contributed by atoms with E-state index in [0.29, 0.717) is 19.5 Å². The third-order valence-corrected chi connectivity index (χ3v) is 1.45. The van der Waals surface area contributed by atoms with Crippen LogP contribution in [-0.2, 0) is 0 Å². The first kappa shape index (κ1) is 5.98. The molecule has 8 heavy (non-hydrogen) atoms. The highest BCUT2D eigenvalue weighted by molar-refractivity contribution is 4.81. The van der Waals surface area contributed by atoms with Crippen LogP contribution in [0, 0.1) is 0 Å². The zero-order valence-corrected chi connectivity index (χ0v) is 4.73. The van der Waals surface area contributed by atoms with Gasteiger partial charge >= 0.3 is 0 Å². The number of hydrogen-bond acceptors (Lipinski definition) is 2. The summed E-state index contributed by atoms with van der Waals surface area (Å²) in [5.41, 5.74) is 5.27. The van der Waals surface area contributed by atoms with E-state index < -0.39 is 6.17 Å². The first-order valence-corrected chi connectivity index (χ1v) is 2.90.